The van der Waals surface area contributed by atoms with Gasteiger partial charge in [0, 0.05) is 32.5 Å². The molecule has 3 aromatic rings. The predicted octanol–water partition coefficient (Wildman–Crippen LogP) is 6.11. The fraction of sp³-hybridized carbons (Fsp3) is 0.556. The van der Waals surface area contributed by atoms with Gasteiger partial charge in [0.2, 0.25) is 5.95 Å². The van der Waals surface area contributed by atoms with Crippen molar-refractivity contribution in [3.05, 3.63) is 36.3 Å². The third kappa shape index (κ3) is 6.84. The van der Waals surface area contributed by atoms with Gasteiger partial charge in [-0.25, -0.2) is 13.9 Å². The number of pyridine rings is 1. The summed E-state index contributed by atoms with van der Waals surface area (Å²) in [5, 5.41) is 7.35. The number of anilines is 1. The topological polar surface area (TPSA) is 70.7 Å². The highest BCUT2D eigenvalue weighted by Crippen LogP contribution is 2.34. The number of piperidine rings is 1. The summed E-state index contributed by atoms with van der Waals surface area (Å²) in [6.45, 7) is 7.48. The normalized spacial score (nSPS) is 21.0. The zero-order chi connectivity index (χ0) is 25.0. The Bertz CT molecular complexity index is 1190. The Hall–Kier alpha value is -2.87. The molecule has 4 heterocycles. The van der Waals surface area contributed by atoms with Crippen LogP contribution in [0.5, 0.6) is 0 Å². The Morgan fingerprint density at radius 3 is 2.74 bits per heavy atom. The molecule has 35 heavy (non-hydrogen) atoms. The van der Waals surface area contributed by atoms with Crippen LogP contribution in [0.25, 0.3) is 16.8 Å². The van der Waals surface area contributed by atoms with Crippen LogP contribution in [-0.4, -0.2) is 63.0 Å². The van der Waals surface area contributed by atoms with E-state index in [9.17, 15) is 4.39 Å². The van der Waals surface area contributed by atoms with Crippen LogP contribution >= 0.6 is 0 Å². The first-order chi connectivity index (χ1) is 16.7. The molecule has 2 aliphatic rings. The number of hydrogen-bond donors (Lipinski definition) is 1. The summed E-state index contributed by atoms with van der Waals surface area (Å²) < 4.78 is 14.9. The number of aryl methyl sites for hydroxylation is 1. The maximum atomic E-state index is 13.1. The summed E-state index contributed by atoms with van der Waals surface area (Å²) in [6.07, 6.45) is 10.6. The fourth-order valence-electron chi connectivity index (χ4n) is 4.57. The zero-order valence-electron chi connectivity index (χ0n) is 21.7. The summed E-state index contributed by atoms with van der Waals surface area (Å²) in [4.78, 5) is 15.9. The second kappa shape index (κ2) is 10.8. The van der Waals surface area contributed by atoms with E-state index in [1.54, 1.807) is 6.92 Å². The molecule has 8 heteroatoms. The van der Waals surface area contributed by atoms with Crippen LogP contribution < -0.4 is 5.32 Å². The Kier molecular flexibility index (Phi) is 7.79. The number of aromatic nitrogens is 4. The van der Waals surface area contributed by atoms with E-state index < -0.39 is 5.67 Å². The summed E-state index contributed by atoms with van der Waals surface area (Å²) in [6, 6.07) is 6.11. The summed E-state index contributed by atoms with van der Waals surface area (Å²) in [5.41, 5.74) is 5.05. The molecule has 1 aliphatic carbocycles. The molecular formula is C27H40FN7. The van der Waals surface area contributed by atoms with Crippen LogP contribution in [0.15, 0.2) is 35.6 Å². The molecule has 0 amide bonds. The number of alkyl halides is 1. The second-order valence-corrected chi connectivity index (χ2v) is 10.3. The lowest BCUT2D eigenvalue weighted by Crippen LogP contribution is -2.40. The van der Waals surface area contributed by atoms with Crippen LogP contribution in [0.2, 0.25) is 0 Å². The minimum atomic E-state index is -0.924. The molecule has 1 N–H and O–H groups in total. The largest absolute Gasteiger partial charge is 0.356 e. The van der Waals surface area contributed by atoms with Gasteiger partial charge in [0.05, 0.1) is 28.8 Å². The number of likely N-dealkylation sites (tertiary alicyclic amines) is 1. The van der Waals surface area contributed by atoms with Crippen LogP contribution in [0.1, 0.15) is 59.5 Å². The van der Waals surface area contributed by atoms with Gasteiger partial charge >= 0.3 is 0 Å². The molecule has 1 saturated carbocycles. The molecule has 5 rings (SSSR count). The van der Waals surface area contributed by atoms with Crippen LogP contribution in [0.3, 0.4) is 0 Å². The Morgan fingerprint density at radius 1 is 1.31 bits per heavy atom. The van der Waals surface area contributed by atoms with Gasteiger partial charge in [-0.05, 0) is 84.2 Å². The molecule has 2 fully saturated rings. The number of hydrogen-bond acceptors (Lipinski definition) is 6. The maximum absolute atomic E-state index is 13.1. The molecule has 1 saturated heterocycles. The van der Waals surface area contributed by atoms with Crippen LogP contribution in [0.4, 0.5) is 16.0 Å². The van der Waals surface area contributed by atoms with Gasteiger partial charge in [-0.2, -0.15) is 0 Å². The highest BCUT2D eigenvalue weighted by atomic mass is 19.1. The highest BCUT2D eigenvalue weighted by molar-refractivity contribution is 5.85. The van der Waals surface area contributed by atoms with Gasteiger partial charge in [0.1, 0.15) is 5.67 Å². The van der Waals surface area contributed by atoms with E-state index in [0.717, 1.165) is 59.9 Å². The summed E-state index contributed by atoms with van der Waals surface area (Å²) >= 11 is 0. The van der Waals surface area contributed by atoms with Crippen molar-refractivity contribution < 1.29 is 5.82 Å². The van der Waals surface area contributed by atoms with Crippen LogP contribution in [-0.2, 0) is 0 Å². The SMILES string of the molecule is CN1CCCC(C)(F)C1.CNc1ncc2c(-c3ccc(N=C(C)CCC4CC4)c(C)n3)ccn2n1.[HH]. The van der Waals surface area contributed by atoms with E-state index in [-0.39, 0.29) is 1.43 Å². The van der Waals surface area contributed by atoms with E-state index >= 15 is 0 Å². The molecule has 1 unspecified atom stereocenters. The summed E-state index contributed by atoms with van der Waals surface area (Å²) in [7, 11) is 3.78. The van der Waals surface area contributed by atoms with Crippen molar-refractivity contribution in [3.8, 4) is 11.3 Å². The number of nitrogens with zero attached hydrogens (tertiary/aromatic N) is 6. The predicted molar refractivity (Wildman–Crippen MR) is 144 cm³/mol. The first-order valence-corrected chi connectivity index (χ1v) is 12.7. The van der Waals surface area contributed by atoms with E-state index in [1.165, 1.54) is 25.0 Å². The lowest BCUT2D eigenvalue weighted by atomic mass is 9.98. The molecule has 0 bridgehead atoms. The number of fused-ring (bicyclic) bond motifs is 1. The Morgan fingerprint density at radius 2 is 2.11 bits per heavy atom. The van der Waals surface area contributed by atoms with Gasteiger partial charge in [-0.3, -0.25) is 9.98 Å². The van der Waals surface area contributed by atoms with Crippen molar-refractivity contribution in [1.29, 1.82) is 0 Å². The van der Waals surface area contributed by atoms with Crippen molar-refractivity contribution >= 4 is 22.9 Å². The third-order valence-electron chi connectivity index (χ3n) is 6.73. The number of rotatable bonds is 6. The van der Waals surface area contributed by atoms with E-state index in [1.807, 2.05) is 55.0 Å². The van der Waals surface area contributed by atoms with Crippen molar-refractivity contribution in [2.75, 3.05) is 32.5 Å². The van der Waals surface area contributed by atoms with Crippen molar-refractivity contribution in [1.82, 2.24) is 24.5 Å². The van der Waals surface area contributed by atoms with Crippen molar-refractivity contribution in [2.24, 2.45) is 10.9 Å². The molecule has 0 spiro atoms. The molecule has 7 nitrogen and oxygen atoms in total. The average Bonchev–Trinajstić information content (AvgIpc) is 3.55. The van der Waals surface area contributed by atoms with Gasteiger partial charge in [-0.15, -0.1) is 5.10 Å². The minimum Gasteiger partial charge on any atom is -0.356 e. The molecule has 1 atom stereocenters. The lowest BCUT2D eigenvalue weighted by molar-refractivity contribution is 0.0758. The third-order valence-corrected chi connectivity index (χ3v) is 6.73. The zero-order valence-corrected chi connectivity index (χ0v) is 21.7. The Labute approximate surface area is 209 Å². The molecule has 190 valence electrons. The summed E-state index contributed by atoms with van der Waals surface area (Å²) in [5.74, 6) is 1.53. The van der Waals surface area contributed by atoms with E-state index in [0.29, 0.717) is 12.5 Å². The first kappa shape index (κ1) is 25.2. The van der Waals surface area contributed by atoms with Crippen molar-refractivity contribution in [3.63, 3.8) is 0 Å². The smallest absolute Gasteiger partial charge is 0.240 e. The molecule has 3 aromatic heterocycles. The highest BCUT2D eigenvalue weighted by Gasteiger charge is 2.28. The first-order valence-electron chi connectivity index (χ1n) is 12.7. The van der Waals surface area contributed by atoms with Crippen LogP contribution in [0, 0.1) is 12.8 Å². The monoisotopic (exact) mass is 481 g/mol. The van der Waals surface area contributed by atoms with E-state index in [4.69, 9.17) is 9.98 Å². The van der Waals surface area contributed by atoms with Gasteiger partial charge in [0.15, 0.2) is 0 Å². The maximum Gasteiger partial charge on any atom is 0.240 e. The fourth-order valence-corrected chi connectivity index (χ4v) is 4.57. The molecular weight excluding hydrogens is 441 g/mol. The van der Waals surface area contributed by atoms with Gasteiger partial charge in [0.25, 0.3) is 0 Å². The van der Waals surface area contributed by atoms with Gasteiger partial charge < -0.3 is 10.2 Å². The molecule has 0 aromatic carbocycles. The molecule has 0 radical (unpaired) electrons. The quantitative estimate of drug-likeness (QED) is 0.430. The van der Waals surface area contributed by atoms with Gasteiger partial charge in [-0.1, -0.05) is 12.8 Å². The minimum absolute atomic E-state index is 0. The number of halogens is 1. The lowest BCUT2D eigenvalue weighted by Gasteiger charge is -2.32. The standard InChI is InChI=1S/C20H24N6.C7H14FN.H2/c1-13(4-5-15-6-7-15)23-17-8-9-18(24-14(17)2)16-10-11-26-19(16)12-22-20(21-3)25-26;1-7(8)4-3-5-9(2)6-7;/h8-12,15H,4-7H2,1-3H3,(H,21,25);3-6H2,1-2H3;1H. The number of nitrogens with one attached hydrogen (secondary N) is 1. The molecule has 1 aliphatic heterocycles. The number of aliphatic imine (C=N–C) groups is 1. The Balaban J connectivity index is 0.000000307. The second-order valence-electron chi connectivity index (χ2n) is 10.3. The van der Waals surface area contributed by atoms with E-state index in [2.05, 4.69) is 28.4 Å². The van der Waals surface area contributed by atoms with Crippen molar-refractivity contribution in [2.45, 2.75) is 65.0 Å². The average molecular weight is 482 g/mol.